The fourth-order valence-electron chi connectivity index (χ4n) is 3.65. The van der Waals surface area contributed by atoms with Gasteiger partial charge in [-0.3, -0.25) is 9.59 Å². The van der Waals surface area contributed by atoms with Crippen molar-refractivity contribution in [3.63, 3.8) is 0 Å². The van der Waals surface area contributed by atoms with Crippen LogP contribution >= 0.6 is 11.3 Å². The van der Waals surface area contributed by atoms with Crippen molar-refractivity contribution in [2.45, 2.75) is 64.6 Å². The first-order valence-electron chi connectivity index (χ1n) is 9.12. The van der Waals surface area contributed by atoms with Crippen LogP contribution in [0, 0.1) is 6.92 Å². The van der Waals surface area contributed by atoms with Gasteiger partial charge >= 0.3 is 0 Å². The average Bonchev–Trinajstić information content (AvgIpc) is 3.13. The first-order chi connectivity index (χ1) is 12.1. The third-order valence-electron chi connectivity index (χ3n) is 5.09. The average molecular weight is 359 g/mol. The maximum absolute atomic E-state index is 13.0. The number of carbonyl (C=O) groups excluding carboxylic acids is 1. The van der Waals surface area contributed by atoms with Crippen LogP contribution in [0.2, 0.25) is 0 Å². The number of hydrogen-bond acceptors (Lipinski definition) is 3. The normalized spacial score (nSPS) is 15.2. The minimum Gasteiger partial charge on any atom is -0.335 e. The fourth-order valence-corrected chi connectivity index (χ4v) is 4.31. The number of aromatic nitrogens is 1. The second-order valence-electron chi connectivity index (χ2n) is 6.85. The van der Waals surface area contributed by atoms with Crippen LogP contribution in [-0.2, 0) is 17.9 Å². The van der Waals surface area contributed by atoms with Gasteiger partial charge in [-0.25, -0.2) is 0 Å². The van der Waals surface area contributed by atoms with Crippen LogP contribution < -0.4 is 5.56 Å². The van der Waals surface area contributed by atoms with E-state index in [0.29, 0.717) is 25.6 Å². The first kappa shape index (κ1) is 17.9. The largest absolute Gasteiger partial charge is 0.335 e. The van der Waals surface area contributed by atoms with Crippen molar-refractivity contribution in [2.24, 2.45) is 0 Å². The van der Waals surface area contributed by atoms with Gasteiger partial charge in [0.25, 0.3) is 5.56 Å². The summed E-state index contributed by atoms with van der Waals surface area (Å²) in [5, 5.41) is 4.18. The van der Waals surface area contributed by atoms with E-state index in [-0.39, 0.29) is 11.5 Å². The molecule has 5 heteroatoms. The van der Waals surface area contributed by atoms with Crippen LogP contribution in [0.15, 0.2) is 39.8 Å². The van der Waals surface area contributed by atoms with Gasteiger partial charge in [-0.15, -0.1) is 0 Å². The number of carbonyl (C=O) groups is 1. The van der Waals surface area contributed by atoms with Gasteiger partial charge in [0.05, 0.1) is 0 Å². The molecular weight excluding hydrogens is 332 g/mol. The molecule has 25 heavy (non-hydrogen) atoms. The number of amides is 1. The predicted octanol–water partition coefficient (Wildman–Crippen LogP) is 3.97. The van der Waals surface area contributed by atoms with E-state index in [0.717, 1.165) is 18.5 Å². The van der Waals surface area contributed by atoms with Crippen LogP contribution in [0.5, 0.6) is 0 Å². The second-order valence-corrected chi connectivity index (χ2v) is 7.63. The van der Waals surface area contributed by atoms with Crippen LogP contribution in [-0.4, -0.2) is 21.4 Å². The van der Waals surface area contributed by atoms with Crippen LogP contribution in [0.1, 0.15) is 49.8 Å². The molecule has 1 saturated carbocycles. The topological polar surface area (TPSA) is 42.3 Å². The number of thiophene rings is 1. The van der Waals surface area contributed by atoms with Gasteiger partial charge in [0, 0.05) is 37.3 Å². The van der Waals surface area contributed by atoms with Crippen LogP contribution in [0.25, 0.3) is 0 Å². The van der Waals surface area contributed by atoms with Crippen molar-refractivity contribution in [3.05, 3.63) is 56.6 Å². The molecule has 0 aromatic carbocycles. The van der Waals surface area contributed by atoms with Gasteiger partial charge in [-0.05, 0) is 48.2 Å². The van der Waals surface area contributed by atoms with E-state index in [1.165, 1.54) is 24.8 Å². The van der Waals surface area contributed by atoms with E-state index in [1.807, 2.05) is 13.0 Å². The van der Waals surface area contributed by atoms with Gasteiger partial charge in [0.1, 0.15) is 0 Å². The molecule has 0 aliphatic heterocycles. The van der Waals surface area contributed by atoms with Gasteiger partial charge in [-0.1, -0.05) is 25.3 Å². The number of rotatable bonds is 6. The molecule has 0 atom stereocenters. The molecule has 1 fully saturated rings. The molecule has 1 aliphatic carbocycles. The molecule has 4 nitrogen and oxygen atoms in total. The lowest BCUT2D eigenvalue weighted by Gasteiger charge is -2.34. The summed E-state index contributed by atoms with van der Waals surface area (Å²) in [4.78, 5) is 27.1. The van der Waals surface area contributed by atoms with Crippen LogP contribution in [0.4, 0.5) is 0 Å². The molecule has 134 valence electrons. The van der Waals surface area contributed by atoms with Crippen molar-refractivity contribution < 1.29 is 4.79 Å². The Morgan fingerprint density at radius 1 is 1.24 bits per heavy atom. The van der Waals surface area contributed by atoms with E-state index in [9.17, 15) is 9.59 Å². The second kappa shape index (κ2) is 8.48. The lowest BCUT2D eigenvalue weighted by Crippen LogP contribution is -2.41. The molecule has 1 amide bonds. The maximum Gasteiger partial charge on any atom is 0.250 e. The molecule has 3 rings (SSSR count). The zero-order valence-corrected chi connectivity index (χ0v) is 15.6. The van der Waals surface area contributed by atoms with Crippen molar-refractivity contribution in [1.29, 1.82) is 0 Å². The van der Waals surface area contributed by atoms with E-state index in [2.05, 4.69) is 21.7 Å². The molecule has 2 aromatic heterocycles. The van der Waals surface area contributed by atoms with Crippen molar-refractivity contribution in [2.75, 3.05) is 0 Å². The van der Waals surface area contributed by atoms with E-state index in [4.69, 9.17) is 0 Å². The van der Waals surface area contributed by atoms with Crippen molar-refractivity contribution in [3.8, 4) is 0 Å². The molecule has 0 spiro atoms. The Morgan fingerprint density at radius 2 is 2.04 bits per heavy atom. The number of pyridine rings is 1. The highest BCUT2D eigenvalue weighted by Gasteiger charge is 2.25. The molecule has 0 saturated heterocycles. The van der Waals surface area contributed by atoms with E-state index < -0.39 is 0 Å². The molecular formula is C20H26N2O2S. The molecule has 0 unspecified atom stereocenters. The standard InChI is InChI=1S/C20H26N2O2S/c1-16-6-5-9-19(23)21(16)12-10-20(24)22(14-17-11-13-25-15-17)18-7-3-2-4-8-18/h5-6,9,11,13,15,18H,2-4,7-8,10,12,14H2,1H3. The molecule has 0 bridgehead atoms. The fraction of sp³-hybridized carbons (Fsp3) is 0.500. The van der Waals surface area contributed by atoms with Gasteiger partial charge < -0.3 is 9.47 Å². The Hall–Kier alpha value is -1.88. The zero-order chi connectivity index (χ0) is 17.6. The Bertz CT molecular complexity index is 745. The Balaban J connectivity index is 1.70. The minimum atomic E-state index is -0.0325. The summed E-state index contributed by atoms with van der Waals surface area (Å²) in [6.07, 6.45) is 6.26. The molecule has 0 N–H and O–H groups in total. The summed E-state index contributed by atoms with van der Waals surface area (Å²) in [6.45, 7) is 3.06. The van der Waals surface area contributed by atoms with Crippen molar-refractivity contribution >= 4 is 17.2 Å². The third-order valence-corrected chi connectivity index (χ3v) is 5.82. The highest BCUT2D eigenvalue weighted by molar-refractivity contribution is 7.07. The summed E-state index contributed by atoms with van der Waals surface area (Å²) in [7, 11) is 0. The molecule has 1 aliphatic rings. The van der Waals surface area contributed by atoms with Gasteiger partial charge in [-0.2, -0.15) is 11.3 Å². The number of nitrogens with zero attached hydrogens (tertiary/aromatic N) is 2. The minimum absolute atomic E-state index is 0.0325. The SMILES string of the molecule is Cc1cccc(=O)n1CCC(=O)N(Cc1ccsc1)C1CCCCC1. The third kappa shape index (κ3) is 4.60. The predicted molar refractivity (Wildman–Crippen MR) is 102 cm³/mol. The summed E-state index contributed by atoms with van der Waals surface area (Å²) >= 11 is 1.67. The maximum atomic E-state index is 13.0. The molecule has 2 heterocycles. The van der Waals surface area contributed by atoms with Crippen molar-refractivity contribution in [1.82, 2.24) is 9.47 Å². The lowest BCUT2D eigenvalue weighted by molar-refractivity contribution is -0.135. The smallest absolute Gasteiger partial charge is 0.250 e. The van der Waals surface area contributed by atoms with Gasteiger partial charge in [0.2, 0.25) is 5.91 Å². The summed E-state index contributed by atoms with van der Waals surface area (Å²) in [6, 6.07) is 7.67. The summed E-state index contributed by atoms with van der Waals surface area (Å²) in [5.41, 5.74) is 2.08. The zero-order valence-electron chi connectivity index (χ0n) is 14.8. The lowest BCUT2D eigenvalue weighted by atomic mass is 9.93. The quantitative estimate of drug-likeness (QED) is 0.784. The molecule has 2 aromatic rings. The number of aryl methyl sites for hydroxylation is 1. The Kier molecular flexibility index (Phi) is 6.08. The first-order valence-corrected chi connectivity index (χ1v) is 10.1. The monoisotopic (exact) mass is 358 g/mol. The number of hydrogen-bond donors (Lipinski definition) is 0. The van der Waals surface area contributed by atoms with E-state index >= 15 is 0 Å². The highest BCUT2D eigenvalue weighted by atomic mass is 32.1. The van der Waals surface area contributed by atoms with Gasteiger partial charge in [0.15, 0.2) is 0 Å². The highest BCUT2D eigenvalue weighted by Crippen LogP contribution is 2.25. The Morgan fingerprint density at radius 3 is 2.72 bits per heavy atom. The van der Waals surface area contributed by atoms with E-state index in [1.54, 1.807) is 28.0 Å². The van der Waals surface area contributed by atoms with Crippen LogP contribution in [0.3, 0.4) is 0 Å². The Labute approximate surface area is 153 Å². The molecule has 0 radical (unpaired) electrons. The summed E-state index contributed by atoms with van der Waals surface area (Å²) < 4.78 is 1.70. The summed E-state index contributed by atoms with van der Waals surface area (Å²) in [5.74, 6) is 0.160.